The second kappa shape index (κ2) is 8.99. The zero-order valence-corrected chi connectivity index (χ0v) is 15.6. The predicted octanol–water partition coefficient (Wildman–Crippen LogP) is 2.26. The second-order valence-electron chi connectivity index (χ2n) is 7.58. The Morgan fingerprint density at radius 1 is 1.16 bits per heavy atom. The van der Waals surface area contributed by atoms with E-state index < -0.39 is 0 Å². The van der Waals surface area contributed by atoms with Crippen molar-refractivity contribution in [1.82, 2.24) is 10.2 Å². The van der Waals surface area contributed by atoms with Gasteiger partial charge in [-0.05, 0) is 56.3 Å². The van der Waals surface area contributed by atoms with Crippen molar-refractivity contribution in [3.63, 3.8) is 0 Å². The van der Waals surface area contributed by atoms with Crippen molar-refractivity contribution >= 4 is 11.8 Å². The van der Waals surface area contributed by atoms with Gasteiger partial charge in [-0.2, -0.15) is 0 Å². The maximum atomic E-state index is 12.3. The molecule has 0 radical (unpaired) electrons. The zero-order valence-electron chi connectivity index (χ0n) is 15.6. The van der Waals surface area contributed by atoms with Crippen LogP contribution < -0.4 is 11.1 Å². The first-order valence-electron chi connectivity index (χ1n) is 9.25. The number of hydrogen-bond acceptors (Lipinski definition) is 3. The molecule has 0 spiro atoms. The van der Waals surface area contributed by atoms with E-state index in [1.165, 1.54) is 5.56 Å². The minimum Gasteiger partial charge on any atom is -0.369 e. The fourth-order valence-corrected chi connectivity index (χ4v) is 3.36. The molecular weight excluding hydrogens is 314 g/mol. The molecule has 1 fully saturated rings. The van der Waals surface area contributed by atoms with Gasteiger partial charge in [0.25, 0.3) is 0 Å². The number of hydrogen-bond donors (Lipinski definition) is 2. The number of nitrogens with one attached hydrogen (secondary N) is 1. The summed E-state index contributed by atoms with van der Waals surface area (Å²) in [6.07, 6.45) is 2.56. The zero-order chi connectivity index (χ0) is 18.4. The number of carbonyl (C=O) groups excluding carboxylic acids is 2. The van der Waals surface area contributed by atoms with Gasteiger partial charge >= 0.3 is 0 Å². The highest BCUT2D eigenvalue weighted by atomic mass is 16.2. The summed E-state index contributed by atoms with van der Waals surface area (Å²) in [5, 5.41) is 3.07. The third kappa shape index (κ3) is 6.16. The lowest BCUT2D eigenvalue weighted by molar-refractivity contribution is -0.124. The van der Waals surface area contributed by atoms with Crippen LogP contribution in [0, 0.1) is 11.8 Å². The summed E-state index contributed by atoms with van der Waals surface area (Å²) in [5.41, 5.74) is 7.79. The summed E-state index contributed by atoms with van der Waals surface area (Å²) in [4.78, 5) is 25.6. The van der Waals surface area contributed by atoms with E-state index in [0.29, 0.717) is 12.5 Å². The highest BCUT2D eigenvalue weighted by Crippen LogP contribution is 2.17. The van der Waals surface area contributed by atoms with E-state index in [0.717, 1.165) is 37.9 Å². The molecule has 1 heterocycles. The van der Waals surface area contributed by atoms with Crippen molar-refractivity contribution in [3.8, 4) is 0 Å². The molecule has 1 aliphatic rings. The van der Waals surface area contributed by atoms with Gasteiger partial charge in [0.1, 0.15) is 0 Å². The van der Waals surface area contributed by atoms with Gasteiger partial charge in [-0.1, -0.05) is 38.1 Å². The van der Waals surface area contributed by atoms with Crippen molar-refractivity contribution in [3.05, 3.63) is 35.4 Å². The monoisotopic (exact) mass is 345 g/mol. The molecule has 2 rings (SSSR count). The van der Waals surface area contributed by atoms with Gasteiger partial charge in [-0.3, -0.25) is 14.5 Å². The Balaban J connectivity index is 1.79. The van der Waals surface area contributed by atoms with Gasteiger partial charge < -0.3 is 11.1 Å². The predicted molar refractivity (Wildman–Crippen MR) is 99.9 cm³/mol. The van der Waals surface area contributed by atoms with Crippen LogP contribution in [-0.2, 0) is 16.0 Å². The average molecular weight is 345 g/mol. The van der Waals surface area contributed by atoms with Crippen LogP contribution in [-0.4, -0.2) is 36.3 Å². The Hall–Kier alpha value is -1.88. The number of likely N-dealkylation sites (tertiary alicyclic amines) is 1. The van der Waals surface area contributed by atoms with E-state index in [1.54, 1.807) is 0 Å². The SMILES string of the molecule is CC(C)Cc1ccc([C@H](C)NC(=O)CN2CCC(C(N)=O)CC2)cc1. The largest absolute Gasteiger partial charge is 0.369 e. The number of amides is 2. The van der Waals surface area contributed by atoms with E-state index in [4.69, 9.17) is 5.73 Å². The minimum atomic E-state index is -0.223. The summed E-state index contributed by atoms with van der Waals surface area (Å²) in [5.74, 6) is 0.402. The summed E-state index contributed by atoms with van der Waals surface area (Å²) >= 11 is 0. The molecule has 1 saturated heterocycles. The van der Waals surface area contributed by atoms with Crippen molar-refractivity contribution < 1.29 is 9.59 Å². The number of rotatable bonds is 7. The summed E-state index contributed by atoms with van der Waals surface area (Å²) in [6, 6.07) is 8.48. The van der Waals surface area contributed by atoms with Crippen molar-refractivity contribution in [2.45, 2.75) is 46.1 Å². The highest BCUT2D eigenvalue weighted by Gasteiger charge is 2.24. The Morgan fingerprint density at radius 3 is 2.28 bits per heavy atom. The van der Waals surface area contributed by atoms with Gasteiger partial charge in [0, 0.05) is 5.92 Å². The molecule has 5 heteroatoms. The number of primary amides is 1. The second-order valence-corrected chi connectivity index (χ2v) is 7.58. The first-order chi connectivity index (χ1) is 11.8. The van der Waals surface area contributed by atoms with Crippen LogP contribution in [0.2, 0.25) is 0 Å². The van der Waals surface area contributed by atoms with Crippen molar-refractivity contribution in [1.29, 1.82) is 0 Å². The summed E-state index contributed by atoms with van der Waals surface area (Å²) in [6.45, 7) is 8.31. The number of nitrogens with zero attached hydrogens (tertiary/aromatic N) is 1. The van der Waals surface area contributed by atoms with Crippen molar-refractivity contribution in [2.24, 2.45) is 17.6 Å². The third-order valence-electron chi connectivity index (χ3n) is 4.86. The quantitative estimate of drug-likeness (QED) is 0.796. The third-order valence-corrected chi connectivity index (χ3v) is 4.86. The molecule has 0 aromatic heterocycles. The molecule has 2 amide bonds. The molecule has 5 nitrogen and oxygen atoms in total. The van der Waals surface area contributed by atoms with Crippen LogP contribution in [0.5, 0.6) is 0 Å². The van der Waals surface area contributed by atoms with E-state index in [2.05, 4.69) is 48.3 Å². The fraction of sp³-hybridized carbons (Fsp3) is 0.600. The topological polar surface area (TPSA) is 75.4 Å². The van der Waals surface area contributed by atoms with Crippen molar-refractivity contribution in [2.75, 3.05) is 19.6 Å². The molecule has 1 aliphatic heterocycles. The molecule has 1 atom stereocenters. The van der Waals surface area contributed by atoms with Crippen LogP contribution in [0.1, 0.15) is 50.8 Å². The molecule has 0 bridgehead atoms. The normalized spacial score (nSPS) is 17.4. The minimum absolute atomic E-state index is 0.0104. The standard InChI is InChI=1S/C20H31N3O2/c1-14(2)12-16-4-6-17(7-5-16)15(3)22-19(24)13-23-10-8-18(9-11-23)20(21)25/h4-7,14-15,18H,8-13H2,1-3H3,(H2,21,25)(H,22,24)/t15-/m0/s1. The van der Waals surface area contributed by atoms with Gasteiger partial charge in [0.15, 0.2) is 0 Å². The first kappa shape index (κ1) is 19.4. The number of piperidine rings is 1. The molecule has 1 aromatic carbocycles. The molecule has 0 unspecified atom stereocenters. The van der Waals surface area contributed by atoms with Crippen LogP contribution in [0.4, 0.5) is 0 Å². The maximum Gasteiger partial charge on any atom is 0.234 e. The summed E-state index contributed by atoms with van der Waals surface area (Å²) in [7, 11) is 0. The van der Waals surface area contributed by atoms with E-state index in [-0.39, 0.29) is 23.8 Å². The van der Waals surface area contributed by atoms with Gasteiger partial charge in [0.2, 0.25) is 11.8 Å². The molecular formula is C20H31N3O2. The molecule has 138 valence electrons. The first-order valence-corrected chi connectivity index (χ1v) is 9.25. The van der Waals surface area contributed by atoms with Crippen LogP contribution >= 0.6 is 0 Å². The number of benzene rings is 1. The van der Waals surface area contributed by atoms with E-state index >= 15 is 0 Å². The Morgan fingerprint density at radius 2 is 1.76 bits per heavy atom. The Kier molecular flexibility index (Phi) is 7.00. The van der Waals surface area contributed by atoms with Gasteiger partial charge in [-0.15, -0.1) is 0 Å². The lowest BCUT2D eigenvalue weighted by atomic mass is 9.96. The van der Waals surface area contributed by atoms with Crippen LogP contribution in [0.15, 0.2) is 24.3 Å². The molecule has 0 aliphatic carbocycles. The molecule has 1 aromatic rings. The molecule has 0 saturated carbocycles. The van der Waals surface area contributed by atoms with E-state index in [1.807, 2.05) is 6.92 Å². The van der Waals surface area contributed by atoms with Gasteiger partial charge in [0.05, 0.1) is 12.6 Å². The van der Waals surface area contributed by atoms with Crippen LogP contribution in [0.3, 0.4) is 0 Å². The Labute approximate surface area is 151 Å². The lowest BCUT2D eigenvalue weighted by Crippen LogP contribution is -2.44. The average Bonchev–Trinajstić information content (AvgIpc) is 2.55. The maximum absolute atomic E-state index is 12.3. The van der Waals surface area contributed by atoms with E-state index in [9.17, 15) is 9.59 Å². The van der Waals surface area contributed by atoms with Gasteiger partial charge in [-0.25, -0.2) is 0 Å². The molecule has 3 N–H and O–H groups in total. The lowest BCUT2D eigenvalue weighted by Gasteiger charge is -2.30. The highest BCUT2D eigenvalue weighted by molar-refractivity contribution is 5.79. The number of nitrogens with two attached hydrogens (primary N) is 1. The van der Waals surface area contributed by atoms with Crippen LogP contribution in [0.25, 0.3) is 0 Å². The number of carbonyl (C=O) groups is 2. The summed E-state index contributed by atoms with van der Waals surface area (Å²) < 4.78 is 0. The Bertz CT molecular complexity index is 575. The smallest absolute Gasteiger partial charge is 0.234 e. The fourth-order valence-electron chi connectivity index (χ4n) is 3.36. The molecule has 25 heavy (non-hydrogen) atoms.